The molecule has 0 saturated carbocycles. The standard InChI is InChI=1S/C24H30N2O7S/c1-16-7-10-19(11-8-16)34(29,30)26-13-5-6-21(26)24(28)33-15-23(27)25-17(2)20-14-18(31-3)9-12-22(20)32-4/h7-12,14,17,21H,5-6,13,15H2,1-4H3,(H,25,27)/t17?,21-/m0/s1. The van der Waals surface area contributed by atoms with Gasteiger partial charge in [0.05, 0.1) is 25.2 Å². The molecule has 0 radical (unpaired) electrons. The predicted molar refractivity (Wildman–Crippen MR) is 125 cm³/mol. The number of sulfonamides is 1. The minimum absolute atomic E-state index is 0.122. The Balaban J connectivity index is 1.61. The van der Waals surface area contributed by atoms with E-state index in [9.17, 15) is 18.0 Å². The summed E-state index contributed by atoms with van der Waals surface area (Å²) in [6, 6.07) is 10.3. The molecule has 0 aliphatic carbocycles. The summed E-state index contributed by atoms with van der Waals surface area (Å²) < 4.78 is 43.0. The Morgan fingerprint density at radius 2 is 1.82 bits per heavy atom. The molecule has 1 fully saturated rings. The number of amides is 1. The second kappa shape index (κ2) is 10.9. The van der Waals surface area contributed by atoms with Crippen molar-refractivity contribution < 1.29 is 32.2 Å². The number of esters is 1. The molecule has 1 heterocycles. The van der Waals surface area contributed by atoms with Crippen molar-refractivity contribution in [2.24, 2.45) is 0 Å². The SMILES string of the molecule is COc1ccc(OC)c(C(C)NC(=O)COC(=O)[C@@H]2CCCN2S(=O)(=O)c2ccc(C)cc2)c1. The van der Waals surface area contributed by atoms with E-state index in [4.69, 9.17) is 14.2 Å². The molecular formula is C24H30N2O7S. The van der Waals surface area contributed by atoms with Crippen LogP contribution in [0.2, 0.25) is 0 Å². The number of carbonyl (C=O) groups is 2. The predicted octanol–water partition coefficient (Wildman–Crippen LogP) is 2.59. The highest BCUT2D eigenvalue weighted by atomic mass is 32.2. The van der Waals surface area contributed by atoms with Gasteiger partial charge in [-0.3, -0.25) is 9.59 Å². The van der Waals surface area contributed by atoms with Crippen molar-refractivity contribution in [3.63, 3.8) is 0 Å². The van der Waals surface area contributed by atoms with Gasteiger partial charge in [-0.2, -0.15) is 4.31 Å². The summed E-state index contributed by atoms with van der Waals surface area (Å²) in [4.78, 5) is 25.2. The van der Waals surface area contributed by atoms with Crippen molar-refractivity contribution in [3.05, 3.63) is 53.6 Å². The number of carbonyl (C=O) groups excluding carboxylic acids is 2. The van der Waals surface area contributed by atoms with E-state index >= 15 is 0 Å². The number of methoxy groups -OCH3 is 2. The number of rotatable bonds is 9. The van der Waals surface area contributed by atoms with Gasteiger partial charge >= 0.3 is 5.97 Å². The molecule has 3 rings (SSSR count). The summed E-state index contributed by atoms with van der Waals surface area (Å²) >= 11 is 0. The Morgan fingerprint density at radius 1 is 1.12 bits per heavy atom. The molecule has 1 unspecified atom stereocenters. The Labute approximate surface area is 200 Å². The maximum Gasteiger partial charge on any atom is 0.324 e. The van der Waals surface area contributed by atoms with Crippen molar-refractivity contribution in [1.82, 2.24) is 9.62 Å². The molecule has 34 heavy (non-hydrogen) atoms. The molecule has 1 saturated heterocycles. The van der Waals surface area contributed by atoms with Crippen molar-refractivity contribution in [2.75, 3.05) is 27.4 Å². The molecule has 2 atom stereocenters. The lowest BCUT2D eigenvalue weighted by molar-refractivity contribution is -0.151. The van der Waals surface area contributed by atoms with E-state index < -0.39 is 40.6 Å². The smallest absolute Gasteiger partial charge is 0.324 e. The van der Waals surface area contributed by atoms with E-state index in [2.05, 4.69) is 5.32 Å². The summed E-state index contributed by atoms with van der Waals surface area (Å²) in [7, 11) is -0.783. The fourth-order valence-corrected chi connectivity index (χ4v) is 5.53. The topological polar surface area (TPSA) is 111 Å². The maximum atomic E-state index is 13.0. The Bertz CT molecular complexity index is 1130. The van der Waals surface area contributed by atoms with Gasteiger partial charge in [-0.15, -0.1) is 0 Å². The Kier molecular flexibility index (Phi) is 8.16. The van der Waals surface area contributed by atoms with Gasteiger partial charge in [0.1, 0.15) is 17.5 Å². The van der Waals surface area contributed by atoms with Crippen LogP contribution in [-0.2, 0) is 24.3 Å². The first kappa shape index (κ1) is 25.5. The lowest BCUT2D eigenvalue weighted by atomic mass is 10.1. The van der Waals surface area contributed by atoms with E-state index in [1.54, 1.807) is 44.4 Å². The third-order valence-electron chi connectivity index (χ3n) is 5.73. The fraction of sp³-hybridized carbons (Fsp3) is 0.417. The number of ether oxygens (including phenoxy) is 3. The zero-order valence-corrected chi connectivity index (χ0v) is 20.6. The Hall–Kier alpha value is -3.11. The van der Waals surface area contributed by atoms with Crippen molar-refractivity contribution in [2.45, 2.75) is 43.7 Å². The van der Waals surface area contributed by atoms with Gasteiger partial charge in [0.25, 0.3) is 5.91 Å². The first-order valence-electron chi connectivity index (χ1n) is 10.9. The second-order valence-electron chi connectivity index (χ2n) is 8.09. The molecule has 1 amide bonds. The van der Waals surface area contributed by atoms with Crippen LogP contribution in [0.4, 0.5) is 0 Å². The third-order valence-corrected chi connectivity index (χ3v) is 7.65. The minimum Gasteiger partial charge on any atom is -0.497 e. The van der Waals surface area contributed by atoms with Crippen LogP contribution in [0, 0.1) is 6.92 Å². The zero-order valence-electron chi connectivity index (χ0n) is 19.7. The summed E-state index contributed by atoms with van der Waals surface area (Å²) in [5, 5.41) is 2.76. The van der Waals surface area contributed by atoms with Crippen molar-refractivity contribution in [3.8, 4) is 11.5 Å². The summed E-state index contributed by atoms with van der Waals surface area (Å²) in [6.07, 6.45) is 0.868. The van der Waals surface area contributed by atoms with Crippen LogP contribution in [0.1, 0.15) is 36.9 Å². The van der Waals surface area contributed by atoms with E-state index in [1.165, 1.54) is 19.2 Å². The maximum absolute atomic E-state index is 13.0. The number of nitrogens with one attached hydrogen (secondary N) is 1. The van der Waals surface area contributed by atoms with Crippen LogP contribution < -0.4 is 14.8 Å². The molecule has 10 heteroatoms. The molecular weight excluding hydrogens is 460 g/mol. The largest absolute Gasteiger partial charge is 0.497 e. The quantitative estimate of drug-likeness (QED) is 0.538. The van der Waals surface area contributed by atoms with E-state index in [-0.39, 0.29) is 11.4 Å². The van der Waals surface area contributed by atoms with Gasteiger partial charge in [0.2, 0.25) is 10.0 Å². The van der Waals surface area contributed by atoms with E-state index in [0.29, 0.717) is 29.9 Å². The van der Waals surface area contributed by atoms with Crippen molar-refractivity contribution in [1.29, 1.82) is 0 Å². The van der Waals surface area contributed by atoms with Crippen LogP contribution >= 0.6 is 0 Å². The average Bonchev–Trinajstić information content (AvgIpc) is 3.33. The van der Waals surface area contributed by atoms with Gasteiger partial charge in [0.15, 0.2) is 6.61 Å². The lowest BCUT2D eigenvalue weighted by Gasteiger charge is -2.23. The molecule has 9 nitrogen and oxygen atoms in total. The van der Waals surface area contributed by atoms with Crippen molar-refractivity contribution >= 4 is 21.9 Å². The minimum atomic E-state index is -3.85. The first-order valence-corrected chi connectivity index (χ1v) is 12.4. The highest BCUT2D eigenvalue weighted by molar-refractivity contribution is 7.89. The van der Waals surface area contributed by atoms with Gasteiger partial charge in [-0.05, 0) is 57.0 Å². The molecule has 1 aliphatic heterocycles. The van der Waals surface area contributed by atoms with Gasteiger partial charge in [-0.1, -0.05) is 17.7 Å². The number of nitrogens with zero attached hydrogens (tertiary/aromatic N) is 1. The van der Waals surface area contributed by atoms with E-state index in [0.717, 1.165) is 9.87 Å². The molecule has 0 aromatic heterocycles. The number of benzene rings is 2. The molecule has 184 valence electrons. The highest BCUT2D eigenvalue weighted by Gasteiger charge is 2.40. The normalized spacial score (nSPS) is 17.1. The van der Waals surface area contributed by atoms with Crippen LogP contribution in [0.3, 0.4) is 0 Å². The monoisotopic (exact) mass is 490 g/mol. The first-order chi connectivity index (χ1) is 16.2. The summed E-state index contributed by atoms with van der Waals surface area (Å²) in [6.45, 7) is 3.33. The zero-order chi connectivity index (χ0) is 24.9. The molecule has 2 aromatic rings. The Morgan fingerprint density at radius 3 is 2.47 bits per heavy atom. The summed E-state index contributed by atoms with van der Waals surface area (Å²) in [5.74, 6) is -0.0699. The lowest BCUT2D eigenvalue weighted by Crippen LogP contribution is -2.42. The third kappa shape index (κ3) is 5.68. The fourth-order valence-electron chi connectivity index (χ4n) is 3.88. The number of hydrogen-bond donors (Lipinski definition) is 1. The van der Waals surface area contributed by atoms with Gasteiger partial charge < -0.3 is 19.5 Å². The van der Waals surface area contributed by atoms with Crippen LogP contribution in [0.5, 0.6) is 11.5 Å². The van der Waals surface area contributed by atoms with Gasteiger partial charge in [-0.25, -0.2) is 8.42 Å². The molecule has 0 bridgehead atoms. The van der Waals surface area contributed by atoms with E-state index in [1.807, 2.05) is 6.92 Å². The summed E-state index contributed by atoms with van der Waals surface area (Å²) in [5.41, 5.74) is 1.64. The average molecular weight is 491 g/mol. The number of aryl methyl sites for hydroxylation is 1. The highest BCUT2D eigenvalue weighted by Crippen LogP contribution is 2.29. The van der Waals surface area contributed by atoms with Crippen LogP contribution in [0.25, 0.3) is 0 Å². The number of hydrogen-bond acceptors (Lipinski definition) is 7. The second-order valence-corrected chi connectivity index (χ2v) is 9.98. The molecule has 1 aliphatic rings. The van der Waals surface area contributed by atoms with Crippen LogP contribution in [-0.4, -0.2) is 58.0 Å². The van der Waals surface area contributed by atoms with Gasteiger partial charge in [0, 0.05) is 12.1 Å². The van der Waals surface area contributed by atoms with Crippen LogP contribution in [0.15, 0.2) is 47.4 Å². The molecule has 1 N–H and O–H groups in total. The molecule has 0 spiro atoms. The molecule has 2 aromatic carbocycles.